The number of benzene rings is 1. The third kappa shape index (κ3) is 2.93. The topological polar surface area (TPSA) is 69.6 Å². The molecule has 1 saturated heterocycles. The summed E-state index contributed by atoms with van der Waals surface area (Å²) in [5.74, 6) is 0.636. The van der Waals surface area contributed by atoms with Crippen LogP contribution in [0, 0.1) is 0 Å². The zero-order valence-electron chi connectivity index (χ0n) is 13.8. The molecular weight excluding hydrogens is 318 g/mol. The molecule has 128 valence electrons. The van der Waals surface area contributed by atoms with Crippen molar-refractivity contribution < 1.29 is 9.59 Å². The minimum Gasteiger partial charge on any atom is -0.353 e. The summed E-state index contributed by atoms with van der Waals surface area (Å²) in [5, 5.41) is 0. The average molecular weight is 337 g/mol. The van der Waals surface area contributed by atoms with Crippen LogP contribution in [0.25, 0.3) is 0 Å². The van der Waals surface area contributed by atoms with E-state index in [9.17, 15) is 9.59 Å². The van der Waals surface area contributed by atoms with Crippen LogP contribution in [0.3, 0.4) is 0 Å². The van der Waals surface area contributed by atoms with Crippen molar-refractivity contribution in [2.75, 3.05) is 42.5 Å². The molecule has 0 spiro atoms. The zero-order chi connectivity index (χ0) is 17.2. The molecule has 0 unspecified atom stereocenters. The molecule has 0 atom stereocenters. The van der Waals surface area contributed by atoms with Gasteiger partial charge in [0.05, 0.1) is 0 Å². The van der Waals surface area contributed by atoms with Gasteiger partial charge in [0, 0.05) is 44.5 Å². The van der Waals surface area contributed by atoms with E-state index in [1.807, 2.05) is 18.2 Å². The summed E-state index contributed by atoms with van der Waals surface area (Å²) in [5.41, 5.74) is 2.56. The normalized spacial score (nSPS) is 16.7. The summed E-state index contributed by atoms with van der Waals surface area (Å²) in [7, 11) is 0. The number of para-hydroxylation sites is 1. The van der Waals surface area contributed by atoms with E-state index in [0.717, 1.165) is 24.3 Å². The van der Waals surface area contributed by atoms with Crippen molar-refractivity contribution in [1.29, 1.82) is 0 Å². The molecule has 7 heteroatoms. The number of anilines is 2. The van der Waals surface area contributed by atoms with Crippen molar-refractivity contribution in [2.45, 2.75) is 6.42 Å². The van der Waals surface area contributed by atoms with Gasteiger partial charge >= 0.3 is 0 Å². The van der Waals surface area contributed by atoms with E-state index >= 15 is 0 Å². The fourth-order valence-electron chi connectivity index (χ4n) is 3.38. The molecule has 25 heavy (non-hydrogen) atoms. The van der Waals surface area contributed by atoms with Gasteiger partial charge < -0.3 is 14.7 Å². The predicted octanol–water partition coefficient (Wildman–Crippen LogP) is 0.958. The molecule has 1 fully saturated rings. The Hall–Kier alpha value is -2.96. The molecule has 2 aliphatic rings. The summed E-state index contributed by atoms with van der Waals surface area (Å²) < 4.78 is 0. The second kappa shape index (κ2) is 6.51. The highest BCUT2D eigenvalue weighted by molar-refractivity contribution is 6.06. The van der Waals surface area contributed by atoms with Gasteiger partial charge in [0.15, 0.2) is 0 Å². The minimum absolute atomic E-state index is 0.0971. The van der Waals surface area contributed by atoms with Gasteiger partial charge in [0.1, 0.15) is 17.8 Å². The Morgan fingerprint density at radius 2 is 1.84 bits per heavy atom. The van der Waals surface area contributed by atoms with Crippen LogP contribution in [0.15, 0.2) is 36.7 Å². The summed E-state index contributed by atoms with van der Waals surface area (Å²) >= 11 is 0. The van der Waals surface area contributed by atoms with Crippen LogP contribution in [-0.2, 0) is 11.2 Å². The zero-order valence-corrected chi connectivity index (χ0v) is 13.8. The van der Waals surface area contributed by atoms with Gasteiger partial charge in [-0.1, -0.05) is 18.2 Å². The van der Waals surface area contributed by atoms with Crippen LogP contribution in [0.1, 0.15) is 16.1 Å². The van der Waals surface area contributed by atoms with Gasteiger partial charge in [-0.3, -0.25) is 9.59 Å². The molecule has 0 saturated carbocycles. The number of rotatable bonds is 3. The van der Waals surface area contributed by atoms with Crippen LogP contribution in [0.4, 0.5) is 11.5 Å². The van der Waals surface area contributed by atoms with E-state index in [2.05, 4.69) is 20.9 Å². The molecule has 0 N–H and O–H groups in total. The number of hydrogen-bond donors (Lipinski definition) is 0. The number of carbonyl (C=O) groups is 2. The lowest BCUT2D eigenvalue weighted by Crippen LogP contribution is -2.46. The maximum Gasteiger partial charge on any atom is 0.277 e. The Morgan fingerprint density at radius 1 is 1.04 bits per heavy atom. The van der Waals surface area contributed by atoms with Crippen LogP contribution in [0.2, 0.25) is 0 Å². The number of nitrogens with zero attached hydrogens (tertiary/aromatic N) is 5. The van der Waals surface area contributed by atoms with Crippen LogP contribution >= 0.6 is 0 Å². The first-order chi connectivity index (χ1) is 12.3. The van der Waals surface area contributed by atoms with Gasteiger partial charge in [-0.05, 0) is 18.1 Å². The van der Waals surface area contributed by atoms with Crippen LogP contribution in [-0.4, -0.2) is 59.9 Å². The molecular formula is C18H19N5O2. The Bertz CT molecular complexity index is 802. The van der Waals surface area contributed by atoms with Crippen LogP contribution < -0.4 is 9.80 Å². The van der Waals surface area contributed by atoms with Gasteiger partial charge in [-0.15, -0.1) is 0 Å². The second-order valence-electron chi connectivity index (χ2n) is 6.23. The first-order valence-corrected chi connectivity index (χ1v) is 8.42. The SMILES string of the molecule is O=CN1CCN(c2cc(C(=O)N3CCc4ccccc43)ncn2)CC1. The largest absolute Gasteiger partial charge is 0.353 e. The quantitative estimate of drug-likeness (QED) is 0.780. The second-order valence-corrected chi connectivity index (χ2v) is 6.23. The molecule has 1 aromatic heterocycles. The molecule has 2 amide bonds. The van der Waals surface area contributed by atoms with E-state index in [-0.39, 0.29) is 5.91 Å². The van der Waals surface area contributed by atoms with Crippen molar-refractivity contribution in [3.05, 3.63) is 47.9 Å². The third-order valence-electron chi connectivity index (χ3n) is 4.79. The molecule has 0 radical (unpaired) electrons. The van der Waals surface area contributed by atoms with Crippen molar-refractivity contribution in [3.63, 3.8) is 0 Å². The minimum atomic E-state index is -0.0971. The number of piperazine rings is 1. The van der Waals surface area contributed by atoms with E-state index < -0.39 is 0 Å². The third-order valence-corrected chi connectivity index (χ3v) is 4.79. The first-order valence-electron chi connectivity index (χ1n) is 8.42. The molecule has 2 aliphatic heterocycles. The highest BCUT2D eigenvalue weighted by Crippen LogP contribution is 2.28. The molecule has 1 aromatic carbocycles. The van der Waals surface area contributed by atoms with E-state index in [1.54, 1.807) is 15.9 Å². The molecule has 7 nitrogen and oxygen atoms in total. The van der Waals surface area contributed by atoms with Gasteiger partial charge in [-0.25, -0.2) is 9.97 Å². The molecule has 4 rings (SSSR count). The Morgan fingerprint density at radius 3 is 2.64 bits per heavy atom. The fourth-order valence-corrected chi connectivity index (χ4v) is 3.38. The Balaban J connectivity index is 1.54. The predicted molar refractivity (Wildman–Crippen MR) is 93.7 cm³/mol. The Labute approximate surface area is 145 Å². The maximum absolute atomic E-state index is 12.9. The Kier molecular flexibility index (Phi) is 4.05. The summed E-state index contributed by atoms with van der Waals surface area (Å²) in [6, 6.07) is 9.72. The lowest BCUT2D eigenvalue weighted by molar-refractivity contribution is -0.118. The average Bonchev–Trinajstić information content (AvgIpc) is 3.12. The van der Waals surface area contributed by atoms with E-state index in [0.29, 0.717) is 38.4 Å². The number of hydrogen-bond acceptors (Lipinski definition) is 5. The maximum atomic E-state index is 12.9. The number of aromatic nitrogens is 2. The summed E-state index contributed by atoms with van der Waals surface area (Å²) in [6.45, 7) is 3.41. The molecule has 0 aliphatic carbocycles. The van der Waals surface area contributed by atoms with Crippen molar-refractivity contribution in [2.24, 2.45) is 0 Å². The highest BCUT2D eigenvalue weighted by atomic mass is 16.2. The molecule has 2 aromatic rings. The van der Waals surface area contributed by atoms with E-state index in [4.69, 9.17) is 0 Å². The first kappa shape index (κ1) is 15.6. The van der Waals surface area contributed by atoms with Crippen molar-refractivity contribution in [1.82, 2.24) is 14.9 Å². The number of fused-ring (bicyclic) bond motifs is 1. The van der Waals surface area contributed by atoms with Gasteiger partial charge in [0.2, 0.25) is 6.41 Å². The lowest BCUT2D eigenvalue weighted by atomic mass is 10.2. The number of amides is 2. The summed E-state index contributed by atoms with van der Waals surface area (Å²) in [6.07, 6.45) is 3.18. The fraction of sp³-hybridized carbons (Fsp3) is 0.333. The highest BCUT2D eigenvalue weighted by Gasteiger charge is 2.27. The lowest BCUT2D eigenvalue weighted by Gasteiger charge is -2.33. The molecule has 0 bridgehead atoms. The van der Waals surface area contributed by atoms with E-state index in [1.165, 1.54) is 11.9 Å². The monoisotopic (exact) mass is 337 g/mol. The van der Waals surface area contributed by atoms with Gasteiger partial charge in [-0.2, -0.15) is 0 Å². The number of carbonyl (C=O) groups excluding carboxylic acids is 2. The van der Waals surface area contributed by atoms with Crippen molar-refractivity contribution >= 4 is 23.8 Å². The van der Waals surface area contributed by atoms with Crippen molar-refractivity contribution in [3.8, 4) is 0 Å². The molecule has 3 heterocycles. The van der Waals surface area contributed by atoms with Crippen LogP contribution in [0.5, 0.6) is 0 Å². The van der Waals surface area contributed by atoms with Gasteiger partial charge in [0.25, 0.3) is 5.91 Å². The summed E-state index contributed by atoms with van der Waals surface area (Å²) in [4.78, 5) is 37.8. The standard InChI is InChI=1S/C18H19N5O2/c24-13-21-7-9-22(10-8-21)17-11-15(19-12-20-17)18(25)23-6-5-14-3-1-2-4-16(14)23/h1-4,11-13H,5-10H2. The smallest absolute Gasteiger partial charge is 0.277 e.